The maximum absolute atomic E-state index is 11.4. The number of nitrogen functional groups attached to an aromatic ring is 1. The third-order valence-corrected chi connectivity index (χ3v) is 2.11. The predicted molar refractivity (Wildman–Crippen MR) is 64.6 cm³/mol. The van der Waals surface area contributed by atoms with Crippen molar-refractivity contribution in [2.75, 3.05) is 33.0 Å². The molecule has 0 aliphatic rings. The van der Waals surface area contributed by atoms with Gasteiger partial charge in [0, 0.05) is 24.5 Å². The predicted octanol–water partition coefficient (Wildman–Crippen LogP) is -0.465. The summed E-state index contributed by atoms with van der Waals surface area (Å²) in [6.45, 7) is 0.845. The number of carbonyl (C=O) groups excluding carboxylic acids is 1. The molecule has 17 heavy (non-hydrogen) atoms. The van der Waals surface area contributed by atoms with Crippen molar-refractivity contribution >= 4 is 11.7 Å². The summed E-state index contributed by atoms with van der Waals surface area (Å²) in [5, 5.41) is 0. The summed E-state index contributed by atoms with van der Waals surface area (Å²) in [5.41, 5.74) is 5.69. The van der Waals surface area contributed by atoms with E-state index in [-0.39, 0.29) is 12.1 Å². The Hall–Kier alpha value is -1.82. The van der Waals surface area contributed by atoms with Crippen LogP contribution >= 0.6 is 0 Å². The van der Waals surface area contributed by atoms with E-state index in [0.717, 1.165) is 0 Å². The lowest BCUT2D eigenvalue weighted by atomic mass is 10.4. The number of hydrogen-bond acceptors (Lipinski definition) is 5. The number of rotatable bonds is 5. The Balaban J connectivity index is 2.50. The highest BCUT2D eigenvalue weighted by atomic mass is 16.5. The molecule has 6 heteroatoms. The Bertz CT molecular complexity index is 440. The number of pyridine rings is 1. The van der Waals surface area contributed by atoms with Gasteiger partial charge in [0.25, 0.3) is 5.56 Å². The number of aromatic nitrogens is 1. The van der Waals surface area contributed by atoms with Crippen LogP contribution in [0.3, 0.4) is 0 Å². The Kier molecular flexibility index (Phi) is 4.71. The summed E-state index contributed by atoms with van der Waals surface area (Å²) in [5.74, 6) is -0.445. The monoisotopic (exact) mass is 239 g/mol. The summed E-state index contributed by atoms with van der Waals surface area (Å²) >= 11 is 0. The molecule has 0 bridgehead atoms. The fourth-order valence-corrected chi connectivity index (χ4v) is 1.20. The van der Waals surface area contributed by atoms with Gasteiger partial charge in [-0.25, -0.2) is 0 Å². The zero-order valence-electron chi connectivity index (χ0n) is 10.0. The molecule has 0 saturated carbocycles. The summed E-state index contributed by atoms with van der Waals surface area (Å²) in [7, 11) is 3.77. The second-order valence-corrected chi connectivity index (χ2v) is 3.95. The number of esters is 1. The molecule has 94 valence electrons. The summed E-state index contributed by atoms with van der Waals surface area (Å²) < 4.78 is 6.20. The van der Waals surface area contributed by atoms with Gasteiger partial charge in [-0.05, 0) is 20.2 Å². The number of hydrogen-bond donors (Lipinski definition) is 1. The maximum atomic E-state index is 11.4. The molecule has 0 spiro atoms. The van der Waals surface area contributed by atoms with Crippen molar-refractivity contribution < 1.29 is 9.53 Å². The van der Waals surface area contributed by atoms with Gasteiger partial charge in [0.05, 0.1) is 0 Å². The largest absolute Gasteiger partial charge is 0.463 e. The topological polar surface area (TPSA) is 77.6 Å². The van der Waals surface area contributed by atoms with Gasteiger partial charge in [-0.2, -0.15) is 0 Å². The number of nitrogens with zero attached hydrogens (tertiary/aromatic N) is 2. The fourth-order valence-electron chi connectivity index (χ4n) is 1.20. The van der Waals surface area contributed by atoms with E-state index in [0.29, 0.717) is 18.8 Å². The first kappa shape index (κ1) is 13.2. The number of likely N-dealkylation sites (N-methyl/N-ethyl adjacent to an activating group) is 1. The van der Waals surface area contributed by atoms with Crippen LogP contribution in [0.5, 0.6) is 0 Å². The molecule has 0 fully saturated rings. The van der Waals surface area contributed by atoms with Gasteiger partial charge in [-0.1, -0.05) is 0 Å². The number of ether oxygens (including phenoxy) is 1. The van der Waals surface area contributed by atoms with Gasteiger partial charge in [0.15, 0.2) is 0 Å². The molecule has 0 aliphatic carbocycles. The van der Waals surface area contributed by atoms with Crippen LogP contribution in [0.25, 0.3) is 0 Å². The van der Waals surface area contributed by atoms with Crippen LogP contribution in [0.15, 0.2) is 23.1 Å². The molecule has 0 radical (unpaired) electrons. The first-order valence-electron chi connectivity index (χ1n) is 5.25. The van der Waals surface area contributed by atoms with Crippen LogP contribution in [0.2, 0.25) is 0 Å². The summed E-state index contributed by atoms with van der Waals surface area (Å²) in [6, 6.07) is 2.82. The molecular formula is C11H17N3O3. The lowest BCUT2D eigenvalue weighted by Crippen LogP contribution is -2.26. The molecular weight excluding hydrogens is 222 g/mol. The molecule has 0 aromatic carbocycles. The van der Waals surface area contributed by atoms with Crippen LogP contribution in [0, 0.1) is 0 Å². The van der Waals surface area contributed by atoms with E-state index < -0.39 is 5.97 Å². The van der Waals surface area contributed by atoms with Crippen molar-refractivity contribution in [2.24, 2.45) is 0 Å². The zero-order valence-corrected chi connectivity index (χ0v) is 10.0. The third kappa shape index (κ3) is 4.69. The van der Waals surface area contributed by atoms with Crippen molar-refractivity contribution in [1.29, 1.82) is 0 Å². The minimum atomic E-state index is -0.445. The average molecular weight is 239 g/mol. The molecule has 1 heterocycles. The molecule has 1 aromatic rings. The van der Waals surface area contributed by atoms with E-state index in [1.165, 1.54) is 22.9 Å². The maximum Gasteiger partial charge on any atom is 0.326 e. The quantitative estimate of drug-likeness (QED) is 0.703. The Labute approximate surface area is 99.6 Å². The second-order valence-electron chi connectivity index (χ2n) is 3.95. The highest BCUT2D eigenvalue weighted by Crippen LogP contribution is 1.96. The lowest BCUT2D eigenvalue weighted by molar-refractivity contribution is -0.144. The van der Waals surface area contributed by atoms with E-state index in [4.69, 9.17) is 10.5 Å². The number of carbonyl (C=O) groups is 1. The molecule has 0 amide bonds. The Morgan fingerprint density at radius 2 is 2.18 bits per heavy atom. The van der Waals surface area contributed by atoms with E-state index >= 15 is 0 Å². The van der Waals surface area contributed by atoms with Gasteiger partial charge >= 0.3 is 5.97 Å². The number of anilines is 1. The van der Waals surface area contributed by atoms with Gasteiger partial charge in [0.1, 0.15) is 13.2 Å². The molecule has 0 atom stereocenters. The first-order chi connectivity index (χ1) is 7.99. The van der Waals surface area contributed by atoms with Gasteiger partial charge < -0.3 is 19.9 Å². The minimum Gasteiger partial charge on any atom is -0.463 e. The van der Waals surface area contributed by atoms with Crippen LogP contribution in [0.1, 0.15) is 0 Å². The highest BCUT2D eigenvalue weighted by Gasteiger charge is 2.06. The van der Waals surface area contributed by atoms with Gasteiger partial charge in [-0.15, -0.1) is 0 Å². The SMILES string of the molecule is CN(C)CCOC(=O)Cn1cc(N)ccc1=O. The van der Waals surface area contributed by atoms with Crippen molar-refractivity contribution in [2.45, 2.75) is 6.54 Å². The van der Waals surface area contributed by atoms with Crippen molar-refractivity contribution in [3.05, 3.63) is 28.7 Å². The molecule has 1 aromatic heterocycles. The van der Waals surface area contributed by atoms with Crippen molar-refractivity contribution in [1.82, 2.24) is 9.47 Å². The van der Waals surface area contributed by atoms with E-state index in [2.05, 4.69) is 0 Å². The molecule has 0 unspecified atom stereocenters. The Morgan fingerprint density at radius 1 is 1.47 bits per heavy atom. The second kappa shape index (κ2) is 6.05. The molecule has 0 saturated heterocycles. The van der Waals surface area contributed by atoms with E-state index in [9.17, 15) is 9.59 Å². The zero-order chi connectivity index (χ0) is 12.8. The summed E-state index contributed by atoms with van der Waals surface area (Å²) in [4.78, 5) is 24.7. The highest BCUT2D eigenvalue weighted by molar-refractivity contribution is 5.69. The molecule has 6 nitrogen and oxygen atoms in total. The smallest absolute Gasteiger partial charge is 0.326 e. The Morgan fingerprint density at radius 3 is 2.82 bits per heavy atom. The first-order valence-corrected chi connectivity index (χ1v) is 5.25. The summed E-state index contributed by atoms with van der Waals surface area (Å²) in [6.07, 6.45) is 1.43. The van der Waals surface area contributed by atoms with Crippen molar-refractivity contribution in [3.8, 4) is 0 Å². The van der Waals surface area contributed by atoms with Crippen LogP contribution in [0.4, 0.5) is 5.69 Å². The van der Waals surface area contributed by atoms with E-state index in [1.807, 2.05) is 19.0 Å². The van der Waals surface area contributed by atoms with Crippen LogP contribution in [-0.4, -0.2) is 42.7 Å². The normalized spacial score (nSPS) is 10.5. The lowest BCUT2D eigenvalue weighted by Gasteiger charge is -2.10. The standard InChI is InChI=1S/C11H17N3O3/c1-13(2)5-6-17-11(16)8-14-7-9(12)3-4-10(14)15/h3-4,7H,5-6,8,12H2,1-2H3. The molecule has 1 rings (SSSR count). The molecule has 0 aliphatic heterocycles. The van der Waals surface area contributed by atoms with E-state index in [1.54, 1.807) is 0 Å². The van der Waals surface area contributed by atoms with Crippen molar-refractivity contribution in [3.63, 3.8) is 0 Å². The van der Waals surface area contributed by atoms with Gasteiger partial charge in [-0.3, -0.25) is 9.59 Å². The van der Waals surface area contributed by atoms with Gasteiger partial charge in [0.2, 0.25) is 0 Å². The number of nitrogens with two attached hydrogens (primary N) is 1. The van der Waals surface area contributed by atoms with Crippen LogP contribution in [-0.2, 0) is 16.1 Å². The van der Waals surface area contributed by atoms with Crippen LogP contribution < -0.4 is 11.3 Å². The fraction of sp³-hybridized carbons (Fsp3) is 0.455. The minimum absolute atomic E-state index is 0.114. The molecule has 2 N–H and O–H groups in total. The average Bonchev–Trinajstić information content (AvgIpc) is 2.23. The third-order valence-electron chi connectivity index (χ3n) is 2.11.